The summed E-state index contributed by atoms with van der Waals surface area (Å²) in [6.45, 7) is 0.382. The molecule has 2 amide bonds. The number of ether oxygens (including phenoxy) is 1. The van der Waals surface area contributed by atoms with Crippen LogP contribution in [0.25, 0.3) is 0 Å². The van der Waals surface area contributed by atoms with Crippen LogP contribution in [0.1, 0.15) is 54.4 Å². The third kappa shape index (κ3) is 3.83. The maximum atomic E-state index is 12.6. The van der Waals surface area contributed by atoms with Gasteiger partial charge in [0.05, 0.1) is 12.1 Å². The molecule has 1 saturated carbocycles. The summed E-state index contributed by atoms with van der Waals surface area (Å²) in [6, 6.07) is 4.93. The molecular formula is C19H24N2O4. The molecule has 1 unspecified atom stereocenters. The Balaban J connectivity index is 1.68. The lowest BCUT2D eigenvalue weighted by Gasteiger charge is -2.22. The second kappa shape index (κ2) is 7.68. The van der Waals surface area contributed by atoms with E-state index in [1.54, 1.807) is 18.0 Å². The number of aldehydes is 1. The Labute approximate surface area is 147 Å². The summed E-state index contributed by atoms with van der Waals surface area (Å²) >= 11 is 0. The number of benzene rings is 1. The molecular weight excluding hydrogens is 320 g/mol. The molecule has 1 fully saturated rings. The predicted octanol–water partition coefficient (Wildman–Crippen LogP) is 2.06. The van der Waals surface area contributed by atoms with Crippen molar-refractivity contribution in [1.82, 2.24) is 10.2 Å². The van der Waals surface area contributed by atoms with Gasteiger partial charge in [0.1, 0.15) is 12.0 Å². The van der Waals surface area contributed by atoms with Gasteiger partial charge in [-0.25, -0.2) is 0 Å². The Morgan fingerprint density at radius 1 is 1.40 bits per heavy atom. The topological polar surface area (TPSA) is 75.7 Å². The molecule has 1 aromatic rings. The molecule has 3 rings (SSSR count). The van der Waals surface area contributed by atoms with Crippen molar-refractivity contribution in [2.75, 3.05) is 7.05 Å². The van der Waals surface area contributed by atoms with E-state index in [4.69, 9.17) is 4.74 Å². The van der Waals surface area contributed by atoms with Crippen molar-refractivity contribution >= 4 is 18.1 Å². The third-order valence-corrected chi connectivity index (χ3v) is 5.02. The van der Waals surface area contributed by atoms with Gasteiger partial charge in [-0.1, -0.05) is 0 Å². The summed E-state index contributed by atoms with van der Waals surface area (Å²) in [6.07, 6.45) is 6.13. The van der Waals surface area contributed by atoms with Gasteiger partial charge in [-0.3, -0.25) is 9.59 Å². The minimum atomic E-state index is -0.587. The number of nitrogens with zero attached hydrogens (tertiary/aromatic N) is 1. The number of carbonyl (C=O) groups excluding carboxylic acids is 3. The fourth-order valence-electron chi connectivity index (χ4n) is 3.56. The Kier molecular flexibility index (Phi) is 5.36. The van der Waals surface area contributed by atoms with E-state index in [0.29, 0.717) is 18.5 Å². The molecule has 1 aliphatic heterocycles. The largest absolute Gasteiger partial charge is 0.490 e. The number of nitrogens with one attached hydrogen (secondary N) is 1. The van der Waals surface area contributed by atoms with Crippen LogP contribution >= 0.6 is 0 Å². The average Bonchev–Trinajstić information content (AvgIpc) is 3.24. The van der Waals surface area contributed by atoms with Crippen LogP contribution in [0.15, 0.2) is 18.2 Å². The monoisotopic (exact) mass is 344 g/mol. The van der Waals surface area contributed by atoms with E-state index in [1.807, 2.05) is 12.1 Å². The van der Waals surface area contributed by atoms with E-state index in [0.717, 1.165) is 30.4 Å². The molecule has 2 aliphatic rings. The lowest BCUT2D eigenvalue weighted by Crippen LogP contribution is -2.37. The molecule has 1 atom stereocenters. The molecule has 1 N–H and O–H groups in total. The lowest BCUT2D eigenvalue weighted by molar-refractivity contribution is -0.121. The highest BCUT2D eigenvalue weighted by Crippen LogP contribution is 2.31. The van der Waals surface area contributed by atoms with Crippen LogP contribution in [0.5, 0.6) is 5.75 Å². The first kappa shape index (κ1) is 17.5. The van der Waals surface area contributed by atoms with Crippen molar-refractivity contribution < 1.29 is 19.1 Å². The number of amides is 2. The molecule has 25 heavy (non-hydrogen) atoms. The Morgan fingerprint density at radius 2 is 2.16 bits per heavy atom. The molecule has 1 aliphatic carbocycles. The third-order valence-electron chi connectivity index (χ3n) is 5.02. The van der Waals surface area contributed by atoms with Gasteiger partial charge in [0, 0.05) is 25.6 Å². The van der Waals surface area contributed by atoms with E-state index in [2.05, 4.69) is 5.32 Å². The quantitative estimate of drug-likeness (QED) is 0.768. The van der Waals surface area contributed by atoms with Crippen molar-refractivity contribution in [1.29, 1.82) is 0 Å². The predicted molar refractivity (Wildman–Crippen MR) is 92.4 cm³/mol. The summed E-state index contributed by atoms with van der Waals surface area (Å²) in [5.41, 5.74) is 1.50. The van der Waals surface area contributed by atoms with Gasteiger partial charge in [-0.15, -0.1) is 0 Å². The summed E-state index contributed by atoms with van der Waals surface area (Å²) in [7, 11) is 1.56. The van der Waals surface area contributed by atoms with Crippen LogP contribution in [-0.4, -0.2) is 42.2 Å². The normalized spacial score (nSPS) is 18.1. The second-order valence-electron chi connectivity index (χ2n) is 6.69. The number of hydrogen-bond acceptors (Lipinski definition) is 4. The highest BCUT2D eigenvalue weighted by atomic mass is 16.5. The Morgan fingerprint density at radius 3 is 2.84 bits per heavy atom. The van der Waals surface area contributed by atoms with Gasteiger partial charge >= 0.3 is 0 Å². The maximum Gasteiger partial charge on any atom is 0.255 e. The molecule has 0 bridgehead atoms. The van der Waals surface area contributed by atoms with Crippen molar-refractivity contribution in [2.24, 2.45) is 0 Å². The zero-order valence-corrected chi connectivity index (χ0v) is 14.5. The SMILES string of the molecule is CNC(=O)CCC(C=O)N1Cc2cc(OC3CCCC3)ccc2C1=O. The molecule has 0 radical (unpaired) electrons. The molecule has 1 aromatic carbocycles. The molecule has 0 spiro atoms. The minimum Gasteiger partial charge on any atom is -0.490 e. The van der Waals surface area contributed by atoms with E-state index in [1.165, 1.54) is 12.8 Å². The van der Waals surface area contributed by atoms with Crippen molar-refractivity contribution in [3.63, 3.8) is 0 Å². The fourth-order valence-corrected chi connectivity index (χ4v) is 3.56. The van der Waals surface area contributed by atoms with Crippen molar-refractivity contribution in [2.45, 2.75) is 57.2 Å². The van der Waals surface area contributed by atoms with Gasteiger partial charge < -0.3 is 19.7 Å². The van der Waals surface area contributed by atoms with Crippen LogP contribution in [0.4, 0.5) is 0 Å². The minimum absolute atomic E-state index is 0.136. The van der Waals surface area contributed by atoms with Gasteiger partial charge in [-0.05, 0) is 55.9 Å². The van der Waals surface area contributed by atoms with Gasteiger partial charge in [-0.2, -0.15) is 0 Å². The fraction of sp³-hybridized carbons (Fsp3) is 0.526. The smallest absolute Gasteiger partial charge is 0.255 e. The van der Waals surface area contributed by atoms with Crippen LogP contribution in [0.3, 0.4) is 0 Å². The highest BCUT2D eigenvalue weighted by molar-refractivity contribution is 5.99. The van der Waals surface area contributed by atoms with Gasteiger partial charge in [0.2, 0.25) is 5.91 Å². The van der Waals surface area contributed by atoms with Crippen LogP contribution in [0, 0.1) is 0 Å². The summed E-state index contributed by atoms with van der Waals surface area (Å²) in [4.78, 5) is 37.0. The first-order chi connectivity index (χ1) is 12.1. The zero-order valence-electron chi connectivity index (χ0n) is 14.5. The van der Waals surface area contributed by atoms with E-state index in [-0.39, 0.29) is 24.3 Å². The molecule has 1 heterocycles. The Bertz CT molecular complexity index is 667. The van der Waals surface area contributed by atoms with Crippen molar-refractivity contribution in [3.8, 4) is 5.75 Å². The first-order valence-corrected chi connectivity index (χ1v) is 8.89. The van der Waals surface area contributed by atoms with E-state index < -0.39 is 6.04 Å². The lowest BCUT2D eigenvalue weighted by atomic mass is 10.1. The molecule has 0 aromatic heterocycles. The average molecular weight is 344 g/mol. The van der Waals surface area contributed by atoms with Gasteiger partial charge in [0.25, 0.3) is 5.91 Å². The maximum absolute atomic E-state index is 12.6. The van der Waals surface area contributed by atoms with E-state index in [9.17, 15) is 14.4 Å². The van der Waals surface area contributed by atoms with Crippen LogP contribution in [-0.2, 0) is 16.1 Å². The number of rotatable bonds is 7. The molecule has 6 nitrogen and oxygen atoms in total. The standard InChI is InChI=1S/C19H24N2O4/c1-20-18(23)9-6-14(12-22)21-11-13-10-16(7-8-17(13)19(21)24)25-15-4-2-3-5-15/h7-8,10,12,14-15H,2-6,9,11H2,1H3,(H,20,23). The van der Waals surface area contributed by atoms with Crippen LogP contribution in [0.2, 0.25) is 0 Å². The highest BCUT2D eigenvalue weighted by Gasteiger charge is 2.33. The summed E-state index contributed by atoms with van der Waals surface area (Å²) in [5.74, 6) is 0.494. The van der Waals surface area contributed by atoms with Crippen molar-refractivity contribution in [3.05, 3.63) is 29.3 Å². The Hall–Kier alpha value is -2.37. The first-order valence-electron chi connectivity index (χ1n) is 8.89. The summed E-state index contributed by atoms with van der Waals surface area (Å²) < 4.78 is 6.00. The molecule has 6 heteroatoms. The number of hydrogen-bond donors (Lipinski definition) is 1. The number of fused-ring (bicyclic) bond motifs is 1. The van der Waals surface area contributed by atoms with Gasteiger partial charge in [0.15, 0.2) is 0 Å². The second-order valence-corrected chi connectivity index (χ2v) is 6.69. The molecule has 0 saturated heterocycles. The zero-order chi connectivity index (χ0) is 17.8. The summed E-state index contributed by atoms with van der Waals surface area (Å²) in [5, 5.41) is 2.53. The van der Waals surface area contributed by atoms with Crippen LogP contribution < -0.4 is 10.1 Å². The molecule has 134 valence electrons. The van der Waals surface area contributed by atoms with E-state index >= 15 is 0 Å². The number of carbonyl (C=O) groups is 3.